The molecule has 0 saturated carbocycles. The van der Waals surface area contributed by atoms with Crippen LogP contribution in [0.3, 0.4) is 0 Å². The molecular weight excluding hydrogens is 196 g/mol. The SMILES string of the molecule is CNC(C)C(=O)NCC1(C)CCCS1. The predicted octanol–water partition coefficient (Wildman–Crippen LogP) is 0.996. The van der Waals surface area contributed by atoms with Crippen molar-refractivity contribution < 1.29 is 4.79 Å². The van der Waals surface area contributed by atoms with E-state index in [0.29, 0.717) is 0 Å². The van der Waals surface area contributed by atoms with Crippen molar-refractivity contribution in [1.82, 2.24) is 10.6 Å². The van der Waals surface area contributed by atoms with Crippen molar-refractivity contribution in [3.05, 3.63) is 0 Å². The molecule has 14 heavy (non-hydrogen) atoms. The maximum Gasteiger partial charge on any atom is 0.236 e. The highest BCUT2D eigenvalue weighted by Crippen LogP contribution is 2.36. The van der Waals surface area contributed by atoms with Gasteiger partial charge in [0.05, 0.1) is 6.04 Å². The van der Waals surface area contributed by atoms with Crippen molar-refractivity contribution in [3.8, 4) is 0 Å². The van der Waals surface area contributed by atoms with Crippen molar-refractivity contribution in [3.63, 3.8) is 0 Å². The van der Waals surface area contributed by atoms with Gasteiger partial charge in [0.1, 0.15) is 0 Å². The fourth-order valence-corrected chi connectivity index (χ4v) is 2.78. The van der Waals surface area contributed by atoms with Gasteiger partial charge < -0.3 is 10.6 Å². The second kappa shape index (κ2) is 5.03. The third-order valence-corrected chi connectivity index (χ3v) is 4.30. The third-order valence-electron chi connectivity index (χ3n) is 2.76. The number of carbonyl (C=O) groups is 1. The Morgan fingerprint density at radius 3 is 2.86 bits per heavy atom. The molecule has 1 fully saturated rings. The fourth-order valence-electron chi connectivity index (χ4n) is 1.53. The normalized spacial score (nSPS) is 28.8. The maximum absolute atomic E-state index is 11.5. The number of likely N-dealkylation sites (N-methyl/N-ethyl adjacent to an activating group) is 1. The molecule has 1 saturated heterocycles. The van der Waals surface area contributed by atoms with Crippen LogP contribution in [0.15, 0.2) is 0 Å². The molecule has 2 unspecified atom stereocenters. The molecule has 1 heterocycles. The highest BCUT2D eigenvalue weighted by molar-refractivity contribution is 8.00. The molecule has 0 bridgehead atoms. The number of rotatable bonds is 4. The molecule has 0 spiro atoms. The molecule has 0 aromatic heterocycles. The van der Waals surface area contributed by atoms with Gasteiger partial charge >= 0.3 is 0 Å². The molecule has 3 nitrogen and oxygen atoms in total. The smallest absolute Gasteiger partial charge is 0.236 e. The van der Waals surface area contributed by atoms with Gasteiger partial charge in [0, 0.05) is 11.3 Å². The Morgan fingerprint density at radius 1 is 1.64 bits per heavy atom. The molecule has 82 valence electrons. The molecule has 2 atom stereocenters. The first-order chi connectivity index (χ1) is 6.57. The van der Waals surface area contributed by atoms with Crippen molar-refractivity contribution >= 4 is 17.7 Å². The summed E-state index contributed by atoms with van der Waals surface area (Å²) < 4.78 is 0.267. The zero-order chi connectivity index (χ0) is 10.6. The Hall–Kier alpha value is -0.220. The molecule has 4 heteroatoms. The molecule has 2 N–H and O–H groups in total. The van der Waals surface area contributed by atoms with Crippen LogP contribution in [0.4, 0.5) is 0 Å². The van der Waals surface area contributed by atoms with Crippen LogP contribution in [0.1, 0.15) is 26.7 Å². The number of hydrogen-bond acceptors (Lipinski definition) is 3. The lowest BCUT2D eigenvalue weighted by Crippen LogP contribution is -2.45. The average Bonchev–Trinajstić information content (AvgIpc) is 2.61. The van der Waals surface area contributed by atoms with E-state index in [2.05, 4.69) is 17.6 Å². The van der Waals surface area contributed by atoms with Gasteiger partial charge in [-0.1, -0.05) is 0 Å². The summed E-state index contributed by atoms with van der Waals surface area (Å²) in [4.78, 5) is 11.5. The largest absolute Gasteiger partial charge is 0.353 e. The Labute approximate surface area is 90.4 Å². The van der Waals surface area contributed by atoms with Crippen molar-refractivity contribution in [2.45, 2.75) is 37.5 Å². The number of thioether (sulfide) groups is 1. The lowest BCUT2D eigenvalue weighted by Gasteiger charge is -2.23. The van der Waals surface area contributed by atoms with Crippen LogP contribution in [0.25, 0.3) is 0 Å². The highest BCUT2D eigenvalue weighted by atomic mass is 32.2. The first kappa shape index (κ1) is 11.9. The molecule has 1 aliphatic heterocycles. The van der Waals surface area contributed by atoms with Crippen molar-refractivity contribution in [1.29, 1.82) is 0 Å². The topological polar surface area (TPSA) is 41.1 Å². The number of hydrogen-bond donors (Lipinski definition) is 2. The summed E-state index contributed by atoms with van der Waals surface area (Å²) in [7, 11) is 1.80. The molecule has 1 rings (SSSR count). The summed E-state index contributed by atoms with van der Waals surface area (Å²) in [6.45, 7) is 4.90. The van der Waals surface area contributed by atoms with Crippen LogP contribution in [0, 0.1) is 0 Å². The van der Waals surface area contributed by atoms with E-state index in [1.54, 1.807) is 7.05 Å². The van der Waals surface area contributed by atoms with E-state index in [4.69, 9.17) is 0 Å². The zero-order valence-electron chi connectivity index (χ0n) is 9.22. The predicted molar refractivity (Wildman–Crippen MR) is 61.6 cm³/mol. The monoisotopic (exact) mass is 216 g/mol. The van der Waals surface area contributed by atoms with Crippen LogP contribution in [0.5, 0.6) is 0 Å². The van der Waals surface area contributed by atoms with Gasteiger partial charge in [0.2, 0.25) is 5.91 Å². The molecule has 0 aliphatic carbocycles. The fraction of sp³-hybridized carbons (Fsp3) is 0.900. The molecule has 1 aliphatic rings. The maximum atomic E-state index is 11.5. The second-order valence-corrected chi connectivity index (χ2v) is 5.81. The van der Waals surface area contributed by atoms with E-state index in [0.717, 1.165) is 6.54 Å². The summed E-state index contributed by atoms with van der Waals surface area (Å²) in [6, 6.07) is -0.0926. The van der Waals surface area contributed by atoms with Crippen LogP contribution < -0.4 is 10.6 Å². The minimum absolute atomic E-state index is 0.0926. The van der Waals surface area contributed by atoms with E-state index >= 15 is 0 Å². The van der Waals surface area contributed by atoms with E-state index < -0.39 is 0 Å². The van der Waals surface area contributed by atoms with E-state index in [-0.39, 0.29) is 16.7 Å². The van der Waals surface area contributed by atoms with Gasteiger partial charge in [0.25, 0.3) is 0 Å². The zero-order valence-corrected chi connectivity index (χ0v) is 10.0. The Morgan fingerprint density at radius 2 is 2.36 bits per heavy atom. The third kappa shape index (κ3) is 3.17. The summed E-state index contributed by atoms with van der Waals surface area (Å²) in [5.41, 5.74) is 0. The molecular formula is C10H20N2OS. The van der Waals surface area contributed by atoms with Crippen LogP contribution in [-0.2, 0) is 4.79 Å². The summed E-state index contributed by atoms with van der Waals surface area (Å²) in [5.74, 6) is 1.33. The van der Waals surface area contributed by atoms with Crippen LogP contribution >= 0.6 is 11.8 Å². The van der Waals surface area contributed by atoms with Crippen LogP contribution in [0.2, 0.25) is 0 Å². The van der Waals surface area contributed by atoms with Crippen molar-refractivity contribution in [2.75, 3.05) is 19.3 Å². The number of nitrogens with one attached hydrogen (secondary N) is 2. The lowest BCUT2D eigenvalue weighted by molar-refractivity contribution is -0.122. The first-order valence-corrected chi connectivity index (χ1v) is 6.15. The number of carbonyl (C=O) groups excluding carboxylic acids is 1. The number of amides is 1. The minimum Gasteiger partial charge on any atom is -0.353 e. The van der Waals surface area contributed by atoms with Gasteiger partial charge in [0.15, 0.2) is 0 Å². The highest BCUT2D eigenvalue weighted by Gasteiger charge is 2.30. The molecule has 1 amide bonds. The van der Waals surface area contributed by atoms with E-state index in [1.165, 1.54) is 18.6 Å². The van der Waals surface area contributed by atoms with Crippen LogP contribution in [-0.4, -0.2) is 36.0 Å². The average molecular weight is 216 g/mol. The summed E-state index contributed by atoms with van der Waals surface area (Å²) in [6.07, 6.45) is 2.49. The van der Waals surface area contributed by atoms with Gasteiger partial charge in [-0.15, -0.1) is 0 Å². The standard InChI is InChI=1S/C10H20N2OS/c1-8(11-3)9(13)12-7-10(2)5-4-6-14-10/h8,11H,4-7H2,1-3H3,(H,12,13). The van der Waals surface area contributed by atoms with Gasteiger partial charge in [-0.2, -0.15) is 11.8 Å². The summed E-state index contributed by atoms with van der Waals surface area (Å²) in [5, 5.41) is 5.93. The lowest BCUT2D eigenvalue weighted by atomic mass is 10.1. The van der Waals surface area contributed by atoms with Gasteiger partial charge in [-0.25, -0.2) is 0 Å². The Balaban J connectivity index is 2.29. The molecule has 0 aromatic rings. The summed E-state index contributed by atoms with van der Waals surface area (Å²) >= 11 is 1.97. The second-order valence-electron chi connectivity index (χ2n) is 4.13. The molecule has 0 radical (unpaired) electrons. The quantitative estimate of drug-likeness (QED) is 0.736. The van der Waals surface area contributed by atoms with Crippen molar-refractivity contribution in [2.24, 2.45) is 0 Å². The van der Waals surface area contributed by atoms with E-state index in [1.807, 2.05) is 18.7 Å². The Kier molecular flexibility index (Phi) is 4.26. The first-order valence-electron chi connectivity index (χ1n) is 5.16. The van der Waals surface area contributed by atoms with Gasteiger partial charge in [-0.3, -0.25) is 4.79 Å². The molecule has 0 aromatic carbocycles. The Bertz CT molecular complexity index is 202. The van der Waals surface area contributed by atoms with E-state index in [9.17, 15) is 4.79 Å². The van der Waals surface area contributed by atoms with Gasteiger partial charge in [-0.05, 0) is 39.5 Å². The minimum atomic E-state index is -0.0926.